The molecule has 1 fully saturated rings. The van der Waals surface area contributed by atoms with E-state index in [1.807, 2.05) is 0 Å². The maximum absolute atomic E-state index is 12.7. The second-order valence-electron chi connectivity index (χ2n) is 5.13. The molecule has 6 nitrogen and oxygen atoms in total. The van der Waals surface area contributed by atoms with E-state index in [1.165, 1.54) is 19.2 Å². The summed E-state index contributed by atoms with van der Waals surface area (Å²) in [5.74, 6) is 0.0472. The Morgan fingerprint density at radius 2 is 1.90 bits per heavy atom. The third-order valence-electron chi connectivity index (χ3n) is 3.66. The molecular formula is C14H16O6S. The molecule has 0 radical (unpaired) electrons. The molecule has 1 heterocycles. The molecule has 0 N–H and O–H groups in total. The molecule has 2 aliphatic rings. The largest absolute Gasteiger partial charge is 0.486 e. The van der Waals surface area contributed by atoms with Crippen molar-refractivity contribution in [3.8, 4) is 11.5 Å². The van der Waals surface area contributed by atoms with Crippen LogP contribution >= 0.6 is 0 Å². The number of carbonyl (C=O) groups excluding carboxylic acids is 1. The molecule has 1 aliphatic heterocycles. The topological polar surface area (TPSA) is 78.9 Å². The number of ether oxygens (including phenoxy) is 3. The monoisotopic (exact) mass is 312 g/mol. The van der Waals surface area contributed by atoms with Crippen molar-refractivity contribution in [3.05, 3.63) is 18.2 Å². The number of esters is 1. The third-order valence-corrected chi connectivity index (χ3v) is 5.82. The smallest absolute Gasteiger partial charge is 0.324 e. The molecule has 1 atom stereocenters. The maximum atomic E-state index is 12.7. The van der Waals surface area contributed by atoms with Crippen molar-refractivity contribution in [2.24, 2.45) is 5.92 Å². The van der Waals surface area contributed by atoms with Gasteiger partial charge in [-0.25, -0.2) is 8.42 Å². The van der Waals surface area contributed by atoms with E-state index in [1.54, 1.807) is 6.07 Å². The van der Waals surface area contributed by atoms with E-state index in [0.29, 0.717) is 24.7 Å². The summed E-state index contributed by atoms with van der Waals surface area (Å²) in [6.45, 7) is 0.811. The average Bonchev–Trinajstić information content (AvgIpc) is 3.31. The lowest BCUT2D eigenvalue weighted by Gasteiger charge is -2.20. The quantitative estimate of drug-likeness (QED) is 0.777. The van der Waals surface area contributed by atoms with Gasteiger partial charge in [0.15, 0.2) is 26.6 Å². The van der Waals surface area contributed by atoms with Crippen LogP contribution in [0.25, 0.3) is 0 Å². The van der Waals surface area contributed by atoms with Crippen LogP contribution in [0, 0.1) is 5.92 Å². The summed E-state index contributed by atoms with van der Waals surface area (Å²) >= 11 is 0. The van der Waals surface area contributed by atoms with Crippen molar-refractivity contribution in [1.82, 2.24) is 0 Å². The van der Waals surface area contributed by atoms with Crippen molar-refractivity contribution in [2.45, 2.75) is 23.0 Å². The highest BCUT2D eigenvalue weighted by molar-refractivity contribution is 7.92. The predicted octanol–water partition coefficient (Wildman–Crippen LogP) is 1.18. The lowest BCUT2D eigenvalue weighted by atomic mass is 10.3. The zero-order chi connectivity index (χ0) is 15.0. The van der Waals surface area contributed by atoms with E-state index in [4.69, 9.17) is 9.47 Å². The number of carbonyl (C=O) groups is 1. The van der Waals surface area contributed by atoms with Gasteiger partial charge in [-0.2, -0.15) is 0 Å². The molecule has 3 rings (SSSR count). The van der Waals surface area contributed by atoms with Crippen molar-refractivity contribution < 1.29 is 27.4 Å². The van der Waals surface area contributed by atoms with E-state index in [0.717, 1.165) is 12.8 Å². The highest BCUT2D eigenvalue weighted by Gasteiger charge is 2.46. The molecule has 0 aromatic heterocycles. The molecule has 1 aromatic rings. The summed E-state index contributed by atoms with van der Waals surface area (Å²) in [6.07, 6.45) is 1.45. The molecule has 0 saturated heterocycles. The summed E-state index contributed by atoms with van der Waals surface area (Å²) in [5, 5.41) is -1.13. The van der Waals surface area contributed by atoms with E-state index in [9.17, 15) is 13.2 Å². The minimum absolute atomic E-state index is 0.0639. The fourth-order valence-corrected chi connectivity index (χ4v) is 4.39. The Balaban J connectivity index is 1.98. The van der Waals surface area contributed by atoms with Crippen LogP contribution in [0.5, 0.6) is 11.5 Å². The summed E-state index contributed by atoms with van der Waals surface area (Å²) in [6, 6.07) is 4.42. The second-order valence-corrected chi connectivity index (χ2v) is 7.20. The molecule has 7 heteroatoms. The molecule has 1 aliphatic carbocycles. The van der Waals surface area contributed by atoms with E-state index in [2.05, 4.69) is 4.74 Å². The van der Waals surface area contributed by atoms with Crippen molar-refractivity contribution >= 4 is 15.8 Å². The Bertz CT molecular complexity index is 662. The Kier molecular flexibility index (Phi) is 3.52. The van der Waals surface area contributed by atoms with Gasteiger partial charge in [-0.1, -0.05) is 0 Å². The molecule has 21 heavy (non-hydrogen) atoms. The lowest BCUT2D eigenvalue weighted by Crippen LogP contribution is -2.33. The van der Waals surface area contributed by atoms with Gasteiger partial charge in [-0.15, -0.1) is 0 Å². The zero-order valence-corrected chi connectivity index (χ0v) is 12.4. The van der Waals surface area contributed by atoms with E-state index < -0.39 is 21.1 Å². The first kappa shape index (κ1) is 14.2. The number of fused-ring (bicyclic) bond motifs is 1. The Morgan fingerprint density at radius 3 is 2.52 bits per heavy atom. The van der Waals surface area contributed by atoms with Crippen LogP contribution in [0.4, 0.5) is 0 Å². The van der Waals surface area contributed by atoms with Gasteiger partial charge in [0, 0.05) is 6.07 Å². The fourth-order valence-electron chi connectivity index (χ4n) is 2.43. The predicted molar refractivity (Wildman–Crippen MR) is 73.1 cm³/mol. The van der Waals surface area contributed by atoms with Crippen molar-refractivity contribution in [2.75, 3.05) is 20.3 Å². The summed E-state index contributed by atoms with van der Waals surface area (Å²) < 4.78 is 40.8. The number of sulfone groups is 1. The standard InChI is InChI=1S/C14H16O6S/c1-18-14(15)13(9-2-3-9)21(16,17)10-4-5-11-12(8-10)20-7-6-19-11/h4-5,8-9,13H,2-3,6-7H2,1H3. The number of rotatable bonds is 4. The zero-order valence-electron chi connectivity index (χ0n) is 11.6. The van der Waals surface area contributed by atoms with Crippen LogP contribution in [-0.4, -0.2) is 40.0 Å². The normalized spacial score (nSPS) is 18.9. The minimum atomic E-state index is -3.79. The van der Waals surface area contributed by atoms with E-state index >= 15 is 0 Å². The molecule has 0 spiro atoms. The Labute approximate surface area is 122 Å². The number of benzene rings is 1. The van der Waals surface area contributed by atoms with Gasteiger partial charge in [0.25, 0.3) is 0 Å². The summed E-state index contributed by atoms with van der Waals surface area (Å²) in [7, 11) is -2.59. The van der Waals surface area contributed by atoms with Gasteiger partial charge >= 0.3 is 5.97 Å². The second kappa shape index (κ2) is 5.22. The van der Waals surface area contributed by atoms with Crippen molar-refractivity contribution in [1.29, 1.82) is 0 Å². The number of hydrogen-bond donors (Lipinski definition) is 0. The minimum Gasteiger partial charge on any atom is -0.486 e. The highest BCUT2D eigenvalue weighted by atomic mass is 32.2. The lowest BCUT2D eigenvalue weighted by molar-refractivity contribution is -0.140. The van der Waals surface area contributed by atoms with Gasteiger partial charge < -0.3 is 14.2 Å². The molecule has 0 bridgehead atoms. The van der Waals surface area contributed by atoms with Crippen LogP contribution in [-0.2, 0) is 19.4 Å². The first-order valence-electron chi connectivity index (χ1n) is 6.75. The van der Waals surface area contributed by atoms with Gasteiger partial charge in [0.1, 0.15) is 13.2 Å². The van der Waals surface area contributed by atoms with Crippen LogP contribution in [0.2, 0.25) is 0 Å². The SMILES string of the molecule is COC(=O)C(C1CC1)S(=O)(=O)c1ccc2c(c1)OCCO2. The fraction of sp³-hybridized carbons (Fsp3) is 0.500. The molecule has 114 valence electrons. The van der Waals surface area contributed by atoms with Crippen LogP contribution < -0.4 is 9.47 Å². The molecule has 0 amide bonds. The molecule has 1 saturated carbocycles. The summed E-state index contributed by atoms with van der Waals surface area (Å²) in [5.41, 5.74) is 0. The van der Waals surface area contributed by atoms with Crippen LogP contribution in [0.3, 0.4) is 0 Å². The first-order valence-corrected chi connectivity index (χ1v) is 8.30. The highest BCUT2D eigenvalue weighted by Crippen LogP contribution is 2.40. The van der Waals surface area contributed by atoms with Gasteiger partial charge in [-0.3, -0.25) is 4.79 Å². The van der Waals surface area contributed by atoms with Gasteiger partial charge in [-0.05, 0) is 30.9 Å². The average molecular weight is 312 g/mol. The first-order chi connectivity index (χ1) is 10.0. The van der Waals surface area contributed by atoms with Gasteiger partial charge in [0.05, 0.1) is 12.0 Å². The van der Waals surface area contributed by atoms with E-state index in [-0.39, 0.29) is 10.8 Å². The molecular weight excluding hydrogens is 296 g/mol. The van der Waals surface area contributed by atoms with Gasteiger partial charge in [0.2, 0.25) is 0 Å². The third kappa shape index (κ3) is 2.57. The summed E-state index contributed by atoms with van der Waals surface area (Å²) in [4.78, 5) is 11.9. The maximum Gasteiger partial charge on any atom is 0.324 e. The number of methoxy groups -OCH3 is 1. The van der Waals surface area contributed by atoms with Crippen LogP contribution in [0.1, 0.15) is 12.8 Å². The van der Waals surface area contributed by atoms with Crippen LogP contribution in [0.15, 0.2) is 23.1 Å². The Morgan fingerprint density at radius 1 is 1.24 bits per heavy atom. The number of hydrogen-bond acceptors (Lipinski definition) is 6. The van der Waals surface area contributed by atoms with Crippen molar-refractivity contribution in [3.63, 3.8) is 0 Å². The molecule has 1 unspecified atom stereocenters. The molecule has 1 aromatic carbocycles. The Hall–Kier alpha value is -1.76.